The first kappa shape index (κ1) is 11.5. The normalized spacial score (nSPS) is 9.94. The van der Waals surface area contributed by atoms with Gasteiger partial charge in [0.25, 0.3) is 5.88 Å². The Bertz CT molecular complexity index is 562. The van der Waals surface area contributed by atoms with E-state index in [0.29, 0.717) is 5.75 Å². The van der Waals surface area contributed by atoms with Gasteiger partial charge in [0.2, 0.25) is 5.69 Å². The molecule has 0 spiro atoms. The zero-order valence-electron chi connectivity index (χ0n) is 8.37. The molecule has 0 saturated heterocycles. The van der Waals surface area contributed by atoms with Crippen LogP contribution in [-0.4, -0.2) is 26.0 Å². The van der Waals surface area contributed by atoms with E-state index >= 15 is 0 Å². The molecule has 0 saturated carbocycles. The molecular weight excluding hydrogens is 290 g/mol. The summed E-state index contributed by atoms with van der Waals surface area (Å²) >= 11 is 3.23. The van der Waals surface area contributed by atoms with E-state index in [1.54, 1.807) is 12.3 Å². The third kappa shape index (κ3) is 2.76. The Morgan fingerprint density at radius 2 is 2.06 bits per heavy atom. The molecule has 0 unspecified atom stereocenters. The average molecular weight is 296 g/mol. The van der Waals surface area contributed by atoms with Crippen molar-refractivity contribution in [3.05, 3.63) is 41.0 Å². The van der Waals surface area contributed by atoms with Gasteiger partial charge in [0.05, 0.1) is 6.20 Å². The minimum absolute atomic E-state index is 0.0695. The molecule has 0 atom stereocenters. The van der Waals surface area contributed by atoms with Crippen LogP contribution in [0, 0.1) is 0 Å². The molecule has 7 heteroatoms. The number of aromatic nitrogens is 3. The number of nitrogens with zero attached hydrogens (tertiary/aromatic N) is 3. The SMILES string of the molecule is O=C(O)c1nccnc1Oc1cncc(Br)c1. The van der Waals surface area contributed by atoms with Crippen LogP contribution in [0.1, 0.15) is 10.5 Å². The summed E-state index contributed by atoms with van der Waals surface area (Å²) in [5.41, 5.74) is -0.243. The van der Waals surface area contributed by atoms with Crippen molar-refractivity contribution in [1.82, 2.24) is 15.0 Å². The summed E-state index contributed by atoms with van der Waals surface area (Å²) in [5, 5.41) is 8.89. The summed E-state index contributed by atoms with van der Waals surface area (Å²) in [4.78, 5) is 22.3. The van der Waals surface area contributed by atoms with Gasteiger partial charge in [-0.3, -0.25) is 4.98 Å². The van der Waals surface area contributed by atoms with Gasteiger partial charge in [-0.15, -0.1) is 0 Å². The van der Waals surface area contributed by atoms with Gasteiger partial charge in [0.1, 0.15) is 5.75 Å². The van der Waals surface area contributed by atoms with Crippen molar-refractivity contribution in [2.75, 3.05) is 0 Å². The summed E-state index contributed by atoms with van der Waals surface area (Å²) < 4.78 is 6.02. The fourth-order valence-electron chi connectivity index (χ4n) is 1.11. The number of carboxylic acids is 1. The van der Waals surface area contributed by atoms with Crippen LogP contribution in [0.5, 0.6) is 11.6 Å². The molecule has 0 aromatic carbocycles. The molecule has 17 heavy (non-hydrogen) atoms. The van der Waals surface area contributed by atoms with Crippen LogP contribution in [0.2, 0.25) is 0 Å². The summed E-state index contributed by atoms with van der Waals surface area (Å²) in [6.45, 7) is 0. The second-order valence-electron chi connectivity index (χ2n) is 2.96. The molecule has 0 aliphatic rings. The third-order valence-corrected chi connectivity index (χ3v) is 2.20. The van der Waals surface area contributed by atoms with Gasteiger partial charge in [0.15, 0.2) is 0 Å². The molecule has 2 rings (SSSR count). The Morgan fingerprint density at radius 3 is 2.76 bits per heavy atom. The molecule has 86 valence electrons. The smallest absolute Gasteiger partial charge is 0.360 e. The quantitative estimate of drug-likeness (QED) is 0.933. The third-order valence-electron chi connectivity index (χ3n) is 1.76. The Balaban J connectivity index is 2.33. The number of hydrogen-bond donors (Lipinski definition) is 1. The van der Waals surface area contributed by atoms with E-state index in [1.807, 2.05) is 0 Å². The first-order chi connectivity index (χ1) is 8.16. The largest absolute Gasteiger partial charge is 0.476 e. The molecule has 0 fully saturated rings. The van der Waals surface area contributed by atoms with Crippen LogP contribution in [0.15, 0.2) is 35.3 Å². The monoisotopic (exact) mass is 295 g/mol. The summed E-state index contributed by atoms with van der Waals surface area (Å²) in [7, 11) is 0. The van der Waals surface area contributed by atoms with Crippen LogP contribution >= 0.6 is 15.9 Å². The van der Waals surface area contributed by atoms with Gasteiger partial charge in [-0.1, -0.05) is 0 Å². The zero-order valence-corrected chi connectivity index (χ0v) is 9.96. The van der Waals surface area contributed by atoms with Crippen molar-refractivity contribution in [3.8, 4) is 11.6 Å². The highest BCUT2D eigenvalue weighted by Gasteiger charge is 2.14. The lowest BCUT2D eigenvalue weighted by atomic mass is 10.4. The van der Waals surface area contributed by atoms with E-state index in [4.69, 9.17) is 9.84 Å². The maximum atomic E-state index is 10.9. The van der Waals surface area contributed by atoms with Crippen LogP contribution in [0.4, 0.5) is 0 Å². The van der Waals surface area contributed by atoms with Gasteiger partial charge in [-0.2, -0.15) is 0 Å². The number of hydrogen-bond acceptors (Lipinski definition) is 5. The molecule has 0 amide bonds. The number of rotatable bonds is 3. The highest BCUT2D eigenvalue weighted by Crippen LogP contribution is 2.23. The molecule has 0 aliphatic carbocycles. The van der Waals surface area contributed by atoms with E-state index < -0.39 is 5.97 Å². The fourth-order valence-corrected chi connectivity index (χ4v) is 1.45. The molecule has 2 aromatic rings. The minimum atomic E-state index is -1.20. The maximum Gasteiger partial charge on any atom is 0.360 e. The second kappa shape index (κ2) is 4.88. The Labute approximate surface area is 104 Å². The fraction of sp³-hybridized carbons (Fsp3) is 0. The van der Waals surface area contributed by atoms with E-state index in [-0.39, 0.29) is 11.6 Å². The van der Waals surface area contributed by atoms with E-state index in [9.17, 15) is 4.79 Å². The number of pyridine rings is 1. The molecule has 6 nitrogen and oxygen atoms in total. The predicted octanol–water partition coefficient (Wildman–Crippen LogP) is 2.12. The molecule has 0 radical (unpaired) electrons. The molecule has 0 bridgehead atoms. The Morgan fingerprint density at radius 1 is 1.29 bits per heavy atom. The van der Waals surface area contributed by atoms with Crippen molar-refractivity contribution in [3.63, 3.8) is 0 Å². The lowest BCUT2D eigenvalue weighted by Crippen LogP contribution is -2.04. The molecular formula is C10H6BrN3O3. The lowest BCUT2D eigenvalue weighted by molar-refractivity contribution is 0.0686. The van der Waals surface area contributed by atoms with Crippen molar-refractivity contribution in [2.45, 2.75) is 0 Å². The predicted molar refractivity (Wildman–Crippen MR) is 61.0 cm³/mol. The summed E-state index contributed by atoms with van der Waals surface area (Å²) in [5.74, 6) is -0.890. The first-order valence-electron chi connectivity index (χ1n) is 4.49. The maximum absolute atomic E-state index is 10.9. The molecule has 0 aliphatic heterocycles. The van der Waals surface area contributed by atoms with E-state index in [1.165, 1.54) is 18.6 Å². The molecule has 2 aromatic heterocycles. The van der Waals surface area contributed by atoms with E-state index in [0.717, 1.165) is 4.47 Å². The lowest BCUT2D eigenvalue weighted by Gasteiger charge is -2.05. The zero-order chi connectivity index (χ0) is 12.3. The van der Waals surface area contributed by atoms with Crippen LogP contribution < -0.4 is 4.74 Å². The van der Waals surface area contributed by atoms with Crippen molar-refractivity contribution >= 4 is 21.9 Å². The number of halogens is 1. The minimum Gasteiger partial charge on any atom is -0.476 e. The molecule has 1 N–H and O–H groups in total. The van der Waals surface area contributed by atoms with Gasteiger partial charge >= 0.3 is 5.97 Å². The highest BCUT2D eigenvalue weighted by molar-refractivity contribution is 9.10. The number of carboxylic acid groups (broad SMARTS) is 1. The van der Waals surface area contributed by atoms with Crippen molar-refractivity contribution in [1.29, 1.82) is 0 Å². The number of aromatic carboxylic acids is 1. The topological polar surface area (TPSA) is 85.2 Å². The number of ether oxygens (including phenoxy) is 1. The van der Waals surface area contributed by atoms with E-state index in [2.05, 4.69) is 30.9 Å². The highest BCUT2D eigenvalue weighted by atomic mass is 79.9. The Hall–Kier alpha value is -2.02. The van der Waals surface area contributed by atoms with Crippen LogP contribution in [0.25, 0.3) is 0 Å². The molecule has 2 heterocycles. The van der Waals surface area contributed by atoms with Gasteiger partial charge in [0, 0.05) is 23.1 Å². The Kier molecular flexibility index (Phi) is 3.29. The summed E-state index contributed by atoms with van der Waals surface area (Å²) in [6, 6.07) is 1.65. The van der Waals surface area contributed by atoms with Gasteiger partial charge in [-0.05, 0) is 22.0 Å². The van der Waals surface area contributed by atoms with Crippen LogP contribution in [0.3, 0.4) is 0 Å². The van der Waals surface area contributed by atoms with Gasteiger partial charge < -0.3 is 9.84 Å². The second-order valence-corrected chi connectivity index (χ2v) is 3.87. The standard InChI is InChI=1S/C10H6BrN3O3/c11-6-3-7(5-12-4-6)17-9-8(10(15)16)13-1-2-14-9/h1-5H,(H,15,16). The van der Waals surface area contributed by atoms with Crippen molar-refractivity contribution in [2.24, 2.45) is 0 Å². The van der Waals surface area contributed by atoms with Crippen molar-refractivity contribution < 1.29 is 14.6 Å². The summed E-state index contributed by atoms with van der Waals surface area (Å²) in [6.07, 6.45) is 5.68. The number of carbonyl (C=O) groups is 1. The first-order valence-corrected chi connectivity index (χ1v) is 5.29. The average Bonchev–Trinajstić information content (AvgIpc) is 2.29. The van der Waals surface area contributed by atoms with Gasteiger partial charge in [-0.25, -0.2) is 14.8 Å². The van der Waals surface area contributed by atoms with Crippen LogP contribution in [-0.2, 0) is 0 Å².